The summed E-state index contributed by atoms with van der Waals surface area (Å²) in [5.74, 6) is 1.47. The molecule has 0 aromatic heterocycles. The van der Waals surface area contributed by atoms with Crippen molar-refractivity contribution in [2.75, 3.05) is 25.0 Å². The second kappa shape index (κ2) is 10.4. The number of guanidine groups is 1. The third kappa shape index (κ3) is 6.94. The summed E-state index contributed by atoms with van der Waals surface area (Å²) in [7, 11) is 0. The van der Waals surface area contributed by atoms with E-state index >= 15 is 0 Å². The molecular formula is C17H27IN4O2. The maximum Gasteiger partial charge on any atom is 0.222 e. The van der Waals surface area contributed by atoms with Crippen LogP contribution < -0.4 is 15.8 Å². The fourth-order valence-corrected chi connectivity index (χ4v) is 2.48. The number of carbonyl (C=O) groups is 1. The highest BCUT2D eigenvalue weighted by Crippen LogP contribution is 2.16. The summed E-state index contributed by atoms with van der Waals surface area (Å²) in [4.78, 5) is 17.7. The van der Waals surface area contributed by atoms with Crippen molar-refractivity contribution < 1.29 is 9.53 Å². The van der Waals surface area contributed by atoms with Gasteiger partial charge in [-0.1, -0.05) is 0 Å². The zero-order valence-corrected chi connectivity index (χ0v) is 16.7. The van der Waals surface area contributed by atoms with Crippen molar-refractivity contribution in [3.05, 3.63) is 24.3 Å². The van der Waals surface area contributed by atoms with Crippen LogP contribution in [-0.2, 0) is 4.79 Å². The van der Waals surface area contributed by atoms with Crippen LogP contribution in [0.3, 0.4) is 0 Å². The number of hydrogen-bond acceptors (Lipinski definition) is 3. The van der Waals surface area contributed by atoms with Gasteiger partial charge in [0.25, 0.3) is 0 Å². The summed E-state index contributed by atoms with van der Waals surface area (Å²) >= 11 is 0. The van der Waals surface area contributed by atoms with Crippen LogP contribution in [0.2, 0.25) is 0 Å². The molecule has 0 unspecified atom stereocenters. The normalized spacial score (nSPS) is 14.7. The van der Waals surface area contributed by atoms with Gasteiger partial charge in [-0.05, 0) is 51.0 Å². The van der Waals surface area contributed by atoms with Crippen LogP contribution >= 0.6 is 24.0 Å². The number of hydrogen-bond donors (Lipinski definition) is 2. The van der Waals surface area contributed by atoms with E-state index in [0.29, 0.717) is 18.9 Å². The Morgan fingerprint density at radius 3 is 2.67 bits per heavy atom. The largest absolute Gasteiger partial charge is 0.491 e. The van der Waals surface area contributed by atoms with Crippen LogP contribution in [0.25, 0.3) is 0 Å². The Morgan fingerprint density at radius 2 is 2.08 bits per heavy atom. The Balaban J connectivity index is 0.00000288. The van der Waals surface area contributed by atoms with Gasteiger partial charge >= 0.3 is 0 Å². The second-order valence-electron chi connectivity index (χ2n) is 5.92. The molecule has 7 heteroatoms. The Morgan fingerprint density at radius 1 is 1.38 bits per heavy atom. The summed E-state index contributed by atoms with van der Waals surface area (Å²) in [5.41, 5.74) is 6.75. The van der Waals surface area contributed by atoms with Crippen LogP contribution in [0.4, 0.5) is 5.69 Å². The minimum Gasteiger partial charge on any atom is -0.491 e. The lowest BCUT2D eigenvalue weighted by molar-refractivity contribution is -0.127. The first-order chi connectivity index (χ1) is 11.0. The third-order valence-corrected chi connectivity index (χ3v) is 3.54. The molecule has 24 heavy (non-hydrogen) atoms. The molecule has 1 fully saturated rings. The first kappa shape index (κ1) is 20.5. The predicted octanol–water partition coefficient (Wildman–Crippen LogP) is 2.83. The standard InChI is InChI=1S/C17H26N4O2.HI/c1-13(2)23-15-8-6-14(7-9-15)20-17(18)19-10-4-12-21-11-3-5-16(21)22;/h6-9,13H,3-5,10-12H2,1-2H3,(H3,18,19,20);1H. The molecule has 1 aromatic rings. The molecule has 0 aliphatic carbocycles. The Kier molecular flexibility index (Phi) is 8.88. The smallest absolute Gasteiger partial charge is 0.222 e. The van der Waals surface area contributed by atoms with E-state index in [0.717, 1.165) is 37.4 Å². The highest BCUT2D eigenvalue weighted by molar-refractivity contribution is 14.0. The molecule has 0 atom stereocenters. The van der Waals surface area contributed by atoms with E-state index in [1.807, 2.05) is 43.0 Å². The van der Waals surface area contributed by atoms with Crippen LogP contribution in [0.1, 0.15) is 33.1 Å². The molecule has 0 saturated carbocycles. The molecule has 1 heterocycles. The fourth-order valence-electron chi connectivity index (χ4n) is 2.48. The SMILES string of the molecule is CC(C)Oc1ccc(NC(N)=NCCCN2CCCC2=O)cc1.I. The average Bonchev–Trinajstić information content (AvgIpc) is 2.90. The van der Waals surface area contributed by atoms with E-state index in [1.165, 1.54) is 0 Å². The molecule has 0 bridgehead atoms. The third-order valence-electron chi connectivity index (χ3n) is 3.54. The Labute approximate surface area is 160 Å². The number of benzene rings is 1. The topological polar surface area (TPSA) is 80.0 Å². The van der Waals surface area contributed by atoms with Crippen molar-refractivity contribution in [3.8, 4) is 5.75 Å². The fraction of sp³-hybridized carbons (Fsp3) is 0.529. The number of carbonyl (C=O) groups excluding carboxylic acids is 1. The summed E-state index contributed by atoms with van der Waals surface area (Å²) in [5, 5.41) is 3.05. The minimum absolute atomic E-state index is 0. The molecule has 6 nitrogen and oxygen atoms in total. The number of aliphatic imine (C=N–C) groups is 1. The Bertz CT molecular complexity index is 546. The van der Waals surface area contributed by atoms with Crippen molar-refractivity contribution in [1.29, 1.82) is 0 Å². The molecule has 1 amide bonds. The van der Waals surface area contributed by atoms with E-state index in [-0.39, 0.29) is 36.0 Å². The number of anilines is 1. The summed E-state index contributed by atoms with van der Waals surface area (Å²) in [6, 6.07) is 7.61. The molecule has 1 aromatic carbocycles. The molecular weight excluding hydrogens is 419 g/mol. The number of likely N-dealkylation sites (tertiary alicyclic amines) is 1. The monoisotopic (exact) mass is 446 g/mol. The molecule has 3 N–H and O–H groups in total. The molecule has 2 rings (SSSR count). The van der Waals surface area contributed by atoms with Crippen LogP contribution in [0, 0.1) is 0 Å². The summed E-state index contributed by atoms with van der Waals surface area (Å²) < 4.78 is 5.59. The number of amides is 1. The lowest BCUT2D eigenvalue weighted by atomic mass is 10.3. The molecule has 1 saturated heterocycles. The second-order valence-corrected chi connectivity index (χ2v) is 5.92. The van der Waals surface area contributed by atoms with Gasteiger partial charge in [0, 0.05) is 31.7 Å². The van der Waals surface area contributed by atoms with Crippen molar-refractivity contribution in [3.63, 3.8) is 0 Å². The van der Waals surface area contributed by atoms with E-state index < -0.39 is 0 Å². The zero-order valence-electron chi connectivity index (χ0n) is 14.3. The Hall–Kier alpha value is -1.51. The van der Waals surface area contributed by atoms with Crippen molar-refractivity contribution in [2.45, 2.75) is 39.2 Å². The molecule has 0 radical (unpaired) electrons. The number of rotatable bonds is 7. The quantitative estimate of drug-likeness (QED) is 0.292. The highest BCUT2D eigenvalue weighted by atomic mass is 127. The lowest BCUT2D eigenvalue weighted by Gasteiger charge is -2.14. The first-order valence-corrected chi connectivity index (χ1v) is 8.16. The maximum absolute atomic E-state index is 11.5. The average molecular weight is 446 g/mol. The van der Waals surface area contributed by atoms with E-state index in [1.54, 1.807) is 0 Å². The van der Waals surface area contributed by atoms with Gasteiger partial charge in [0.15, 0.2) is 5.96 Å². The van der Waals surface area contributed by atoms with Gasteiger partial charge in [-0.25, -0.2) is 0 Å². The number of nitrogens with two attached hydrogens (primary N) is 1. The molecule has 1 aliphatic heterocycles. The number of halogens is 1. The lowest BCUT2D eigenvalue weighted by Crippen LogP contribution is -2.27. The van der Waals surface area contributed by atoms with Crippen molar-refractivity contribution in [2.24, 2.45) is 10.7 Å². The highest BCUT2D eigenvalue weighted by Gasteiger charge is 2.18. The van der Waals surface area contributed by atoms with Gasteiger partial charge in [-0.15, -0.1) is 24.0 Å². The van der Waals surface area contributed by atoms with Crippen LogP contribution in [-0.4, -0.2) is 42.5 Å². The van der Waals surface area contributed by atoms with Crippen molar-refractivity contribution in [1.82, 2.24) is 4.90 Å². The summed E-state index contributed by atoms with van der Waals surface area (Å²) in [6.07, 6.45) is 2.64. The van der Waals surface area contributed by atoms with E-state index in [2.05, 4.69) is 10.3 Å². The van der Waals surface area contributed by atoms with Gasteiger partial charge in [0.2, 0.25) is 5.91 Å². The van der Waals surface area contributed by atoms with Gasteiger partial charge in [0.05, 0.1) is 6.10 Å². The van der Waals surface area contributed by atoms with E-state index in [4.69, 9.17) is 10.5 Å². The molecule has 134 valence electrons. The van der Waals surface area contributed by atoms with Gasteiger partial charge in [-0.3, -0.25) is 9.79 Å². The minimum atomic E-state index is 0. The van der Waals surface area contributed by atoms with Gasteiger partial charge < -0.3 is 20.7 Å². The van der Waals surface area contributed by atoms with E-state index in [9.17, 15) is 4.79 Å². The number of nitrogens with one attached hydrogen (secondary N) is 1. The number of nitrogens with zero attached hydrogens (tertiary/aromatic N) is 2. The van der Waals surface area contributed by atoms with Gasteiger partial charge in [-0.2, -0.15) is 0 Å². The maximum atomic E-state index is 11.5. The van der Waals surface area contributed by atoms with Gasteiger partial charge in [0.1, 0.15) is 5.75 Å². The van der Waals surface area contributed by atoms with Crippen molar-refractivity contribution >= 4 is 41.5 Å². The molecule has 1 aliphatic rings. The first-order valence-electron chi connectivity index (χ1n) is 8.16. The number of ether oxygens (including phenoxy) is 1. The predicted molar refractivity (Wildman–Crippen MR) is 108 cm³/mol. The van der Waals surface area contributed by atoms with Crippen LogP contribution in [0.5, 0.6) is 5.75 Å². The summed E-state index contributed by atoms with van der Waals surface area (Å²) in [6.45, 7) is 6.23. The molecule has 0 spiro atoms. The zero-order chi connectivity index (χ0) is 16.7. The van der Waals surface area contributed by atoms with Crippen LogP contribution in [0.15, 0.2) is 29.3 Å².